The minimum atomic E-state index is 0.547. The molecule has 1 rings (SSSR count). The second-order valence-electron chi connectivity index (χ2n) is 2.16. The Hall–Kier alpha value is -0.790. The van der Waals surface area contributed by atoms with Crippen molar-refractivity contribution >= 4 is 17.7 Å². The highest BCUT2D eigenvalue weighted by molar-refractivity contribution is 6.32. The van der Waals surface area contributed by atoms with Gasteiger partial charge in [-0.15, -0.1) is 0 Å². The minimum absolute atomic E-state index is 0.547. The van der Waals surface area contributed by atoms with Crippen LogP contribution in [0.15, 0.2) is 30.3 Å². The van der Waals surface area contributed by atoms with E-state index in [4.69, 9.17) is 17.3 Å². The van der Waals surface area contributed by atoms with E-state index in [1.807, 2.05) is 36.4 Å². The highest BCUT2D eigenvalue weighted by atomic mass is 35.5. The fourth-order valence-electron chi connectivity index (χ4n) is 0.805. The summed E-state index contributed by atoms with van der Waals surface area (Å²) in [6.45, 7) is 0.547. The number of rotatable bonds is 2. The van der Waals surface area contributed by atoms with E-state index in [1.165, 1.54) is 0 Å². The first-order valence-electron chi connectivity index (χ1n) is 3.45. The molecule has 1 aromatic carbocycles. The van der Waals surface area contributed by atoms with Crippen molar-refractivity contribution in [1.29, 1.82) is 0 Å². The van der Waals surface area contributed by atoms with Crippen molar-refractivity contribution in [2.45, 2.75) is 0 Å². The molecule has 0 amide bonds. The molecule has 1 aromatic rings. The number of hydrogen-bond donors (Lipinski definition) is 1. The van der Waals surface area contributed by atoms with Gasteiger partial charge in [0.05, 0.1) is 0 Å². The van der Waals surface area contributed by atoms with Gasteiger partial charge in [-0.2, -0.15) is 0 Å². The number of nitrogens with two attached hydrogens (primary N) is 1. The first-order chi connectivity index (χ1) is 5.34. The van der Waals surface area contributed by atoms with Gasteiger partial charge in [-0.1, -0.05) is 42.0 Å². The van der Waals surface area contributed by atoms with Gasteiger partial charge in [0.15, 0.2) is 0 Å². The van der Waals surface area contributed by atoms with Crippen LogP contribution >= 0.6 is 11.6 Å². The van der Waals surface area contributed by atoms with Gasteiger partial charge >= 0.3 is 0 Å². The lowest BCUT2D eigenvalue weighted by molar-refractivity contribution is 1.26. The van der Waals surface area contributed by atoms with Crippen LogP contribution in [0.5, 0.6) is 0 Å². The molecule has 0 fully saturated rings. The van der Waals surface area contributed by atoms with Gasteiger partial charge in [0.25, 0.3) is 0 Å². The quantitative estimate of drug-likeness (QED) is 0.719. The van der Waals surface area contributed by atoms with Crippen LogP contribution in [0.25, 0.3) is 6.08 Å². The lowest BCUT2D eigenvalue weighted by Crippen LogP contribution is -1.91. The van der Waals surface area contributed by atoms with E-state index >= 15 is 0 Å². The van der Waals surface area contributed by atoms with Crippen LogP contribution in [0, 0.1) is 0 Å². The van der Waals surface area contributed by atoms with Gasteiger partial charge in [0.1, 0.15) is 0 Å². The predicted molar refractivity (Wildman–Crippen MR) is 49.5 cm³/mol. The van der Waals surface area contributed by atoms with Crippen LogP contribution < -0.4 is 5.73 Å². The van der Waals surface area contributed by atoms with E-state index in [0.29, 0.717) is 6.54 Å². The Morgan fingerprint density at radius 3 is 2.73 bits per heavy atom. The second kappa shape index (κ2) is 4.16. The molecule has 0 aliphatic rings. The lowest BCUT2D eigenvalue weighted by Gasteiger charge is -1.94. The summed E-state index contributed by atoms with van der Waals surface area (Å²) in [5.41, 5.74) is 6.31. The largest absolute Gasteiger partial charge is 0.327 e. The van der Waals surface area contributed by atoms with Crippen LogP contribution in [-0.4, -0.2) is 6.54 Å². The monoisotopic (exact) mass is 167 g/mol. The summed E-state index contributed by atoms with van der Waals surface area (Å²) in [5.74, 6) is 0. The topological polar surface area (TPSA) is 26.0 Å². The molecule has 2 N–H and O–H groups in total. The van der Waals surface area contributed by atoms with Gasteiger partial charge in [-0.05, 0) is 11.6 Å². The molecule has 0 saturated heterocycles. The van der Waals surface area contributed by atoms with Gasteiger partial charge in [0, 0.05) is 11.6 Å². The van der Waals surface area contributed by atoms with E-state index in [9.17, 15) is 0 Å². The molecule has 0 aliphatic carbocycles. The standard InChI is InChI=1S/C9H10ClN/c10-9-6-2-1-4-8(9)5-3-7-11/h1-6H,7,11H2/b5-3+. The Morgan fingerprint density at radius 2 is 2.09 bits per heavy atom. The molecule has 0 radical (unpaired) electrons. The minimum Gasteiger partial charge on any atom is -0.327 e. The molecule has 0 heterocycles. The zero-order valence-electron chi connectivity index (χ0n) is 6.13. The molecule has 0 atom stereocenters. The van der Waals surface area contributed by atoms with E-state index in [2.05, 4.69) is 0 Å². The molecule has 11 heavy (non-hydrogen) atoms. The summed E-state index contributed by atoms with van der Waals surface area (Å²) in [4.78, 5) is 0. The van der Waals surface area contributed by atoms with Crippen molar-refractivity contribution in [3.8, 4) is 0 Å². The molecule has 1 nitrogen and oxygen atoms in total. The third-order valence-corrected chi connectivity index (χ3v) is 1.68. The van der Waals surface area contributed by atoms with Crippen LogP contribution in [0.1, 0.15) is 5.56 Å². The smallest absolute Gasteiger partial charge is 0.0478 e. The lowest BCUT2D eigenvalue weighted by atomic mass is 10.2. The Bertz CT molecular complexity index is 255. The molecule has 0 aromatic heterocycles. The Morgan fingerprint density at radius 1 is 1.36 bits per heavy atom. The van der Waals surface area contributed by atoms with Gasteiger partial charge < -0.3 is 5.73 Å². The van der Waals surface area contributed by atoms with E-state index in [1.54, 1.807) is 0 Å². The van der Waals surface area contributed by atoms with E-state index in [-0.39, 0.29) is 0 Å². The fraction of sp³-hybridized carbons (Fsp3) is 0.111. The summed E-state index contributed by atoms with van der Waals surface area (Å²) in [5, 5.41) is 0.761. The molecule has 0 spiro atoms. The average molecular weight is 168 g/mol. The molecular weight excluding hydrogens is 158 g/mol. The van der Waals surface area contributed by atoms with Gasteiger partial charge in [-0.3, -0.25) is 0 Å². The maximum Gasteiger partial charge on any atom is 0.0478 e. The molecule has 2 heteroatoms. The van der Waals surface area contributed by atoms with Crippen LogP contribution in [0.3, 0.4) is 0 Å². The summed E-state index contributed by atoms with van der Waals surface area (Å²) in [6.07, 6.45) is 3.80. The summed E-state index contributed by atoms with van der Waals surface area (Å²) >= 11 is 5.87. The summed E-state index contributed by atoms with van der Waals surface area (Å²) < 4.78 is 0. The first-order valence-corrected chi connectivity index (χ1v) is 3.83. The SMILES string of the molecule is NC/C=C/c1ccccc1Cl. The van der Waals surface area contributed by atoms with Crippen molar-refractivity contribution in [2.75, 3.05) is 6.54 Å². The molecule has 0 aliphatic heterocycles. The van der Waals surface area contributed by atoms with Crippen molar-refractivity contribution in [3.05, 3.63) is 40.9 Å². The Balaban J connectivity index is 2.86. The zero-order valence-corrected chi connectivity index (χ0v) is 6.88. The number of hydrogen-bond acceptors (Lipinski definition) is 1. The molecule has 0 unspecified atom stereocenters. The average Bonchev–Trinajstić information content (AvgIpc) is 2.03. The third kappa shape index (κ3) is 2.37. The highest BCUT2D eigenvalue weighted by Gasteiger charge is 1.90. The molecule has 58 valence electrons. The summed E-state index contributed by atoms with van der Waals surface area (Å²) in [6, 6.07) is 7.66. The van der Waals surface area contributed by atoms with Crippen LogP contribution in [0.4, 0.5) is 0 Å². The van der Waals surface area contributed by atoms with Crippen LogP contribution in [0.2, 0.25) is 5.02 Å². The normalized spacial score (nSPS) is 10.7. The van der Waals surface area contributed by atoms with Crippen LogP contribution in [-0.2, 0) is 0 Å². The molecular formula is C9H10ClN. The van der Waals surface area contributed by atoms with Crippen molar-refractivity contribution in [2.24, 2.45) is 5.73 Å². The molecule has 0 bridgehead atoms. The number of halogens is 1. The van der Waals surface area contributed by atoms with Crippen molar-refractivity contribution in [3.63, 3.8) is 0 Å². The maximum absolute atomic E-state index is 5.87. The van der Waals surface area contributed by atoms with E-state index in [0.717, 1.165) is 10.6 Å². The Labute approximate surface area is 71.5 Å². The first kappa shape index (κ1) is 8.31. The molecule has 0 saturated carbocycles. The maximum atomic E-state index is 5.87. The Kier molecular flexibility index (Phi) is 3.14. The second-order valence-corrected chi connectivity index (χ2v) is 2.57. The van der Waals surface area contributed by atoms with E-state index < -0.39 is 0 Å². The fourth-order valence-corrected chi connectivity index (χ4v) is 1.00. The van der Waals surface area contributed by atoms with Crippen molar-refractivity contribution < 1.29 is 0 Å². The summed E-state index contributed by atoms with van der Waals surface area (Å²) in [7, 11) is 0. The van der Waals surface area contributed by atoms with Crippen molar-refractivity contribution in [1.82, 2.24) is 0 Å². The van der Waals surface area contributed by atoms with Gasteiger partial charge in [-0.25, -0.2) is 0 Å². The zero-order chi connectivity index (χ0) is 8.10. The highest BCUT2D eigenvalue weighted by Crippen LogP contribution is 2.15. The number of benzene rings is 1. The van der Waals surface area contributed by atoms with Gasteiger partial charge in [0.2, 0.25) is 0 Å². The predicted octanol–water partition coefficient (Wildman–Crippen LogP) is 2.31. The third-order valence-electron chi connectivity index (χ3n) is 1.34.